The second kappa shape index (κ2) is 4.11. The van der Waals surface area contributed by atoms with E-state index in [0.29, 0.717) is 6.04 Å². The summed E-state index contributed by atoms with van der Waals surface area (Å²) in [6.07, 6.45) is 1.90. The van der Waals surface area contributed by atoms with E-state index in [-0.39, 0.29) is 0 Å². The van der Waals surface area contributed by atoms with Crippen LogP contribution in [-0.4, -0.2) is 4.98 Å². The van der Waals surface area contributed by atoms with E-state index in [1.54, 1.807) is 22.7 Å². The number of aryl methyl sites for hydroxylation is 1. The van der Waals surface area contributed by atoms with E-state index in [4.69, 9.17) is 0 Å². The van der Waals surface area contributed by atoms with Gasteiger partial charge in [-0.3, -0.25) is 0 Å². The zero-order valence-electron chi connectivity index (χ0n) is 8.15. The molecule has 0 saturated heterocycles. The van der Waals surface area contributed by atoms with Crippen LogP contribution in [0.2, 0.25) is 0 Å². The lowest BCUT2D eigenvalue weighted by Gasteiger charge is -2.09. The molecule has 0 amide bonds. The molecule has 0 aliphatic heterocycles. The highest BCUT2D eigenvalue weighted by Crippen LogP contribution is 2.25. The molecule has 0 saturated carbocycles. The molecule has 74 valence electrons. The highest BCUT2D eigenvalue weighted by atomic mass is 32.1. The zero-order valence-corrected chi connectivity index (χ0v) is 9.78. The molecule has 1 atom stereocenters. The highest BCUT2D eigenvalue weighted by molar-refractivity contribution is 7.15. The standard InChI is InChI=1S/C10H12N2S2/c1-7-6-11-10(14-7)12-8(2)9-4-3-5-13-9/h3-6,8H,1-2H3,(H,11,12). The smallest absolute Gasteiger partial charge is 0.183 e. The van der Waals surface area contributed by atoms with Crippen molar-refractivity contribution in [3.8, 4) is 0 Å². The Hall–Kier alpha value is -0.870. The molecular formula is C10H12N2S2. The minimum Gasteiger partial charge on any atom is -0.354 e. The van der Waals surface area contributed by atoms with Gasteiger partial charge in [0.05, 0.1) is 6.04 Å². The first-order valence-corrected chi connectivity index (χ1v) is 6.17. The maximum absolute atomic E-state index is 4.28. The predicted molar refractivity (Wildman–Crippen MR) is 63.2 cm³/mol. The van der Waals surface area contributed by atoms with Crippen molar-refractivity contribution in [3.05, 3.63) is 33.5 Å². The van der Waals surface area contributed by atoms with Gasteiger partial charge < -0.3 is 5.32 Å². The molecule has 14 heavy (non-hydrogen) atoms. The van der Waals surface area contributed by atoms with E-state index in [2.05, 4.69) is 41.7 Å². The number of thiophene rings is 1. The van der Waals surface area contributed by atoms with Crippen LogP contribution in [0.15, 0.2) is 23.7 Å². The van der Waals surface area contributed by atoms with Crippen LogP contribution >= 0.6 is 22.7 Å². The summed E-state index contributed by atoms with van der Waals surface area (Å²) < 4.78 is 0. The third-order valence-corrected chi connectivity index (χ3v) is 3.83. The van der Waals surface area contributed by atoms with Crippen molar-refractivity contribution >= 4 is 27.8 Å². The fraction of sp³-hybridized carbons (Fsp3) is 0.300. The number of hydrogen-bond donors (Lipinski definition) is 1. The van der Waals surface area contributed by atoms with Crippen LogP contribution in [-0.2, 0) is 0 Å². The Morgan fingerprint density at radius 1 is 1.50 bits per heavy atom. The van der Waals surface area contributed by atoms with Crippen molar-refractivity contribution in [1.29, 1.82) is 0 Å². The van der Waals surface area contributed by atoms with Gasteiger partial charge in [0.15, 0.2) is 5.13 Å². The molecule has 0 aromatic carbocycles. The van der Waals surface area contributed by atoms with Crippen LogP contribution in [0.1, 0.15) is 22.7 Å². The van der Waals surface area contributed by atoms with Crippen molar-refractivity contribution < 1.29 is 0 Å². The number of nitrogens with zero attached hydrogens (tertiary/aromatic N) is 1. The van der Waals surface area contributed by atoms with Crippen LogP contribution in [0.4, 0.5) is 5.13 Å². The lowest BCUT2D eigenvalue weighted by Crippen LogP contribution is -2.03. The monoisotopic (exact) mass is 224 g/mol. The van der Waals surface area contributed by atoms with Crippen LogP contribution in [0.25, 0.3) is 0 Å². The second-order valence-electron chi connectivity index (χ2n) is 3.16. The van der Waals surface area contributed by atoms with E-state index in [1.807, 2.05) is 6.20 Å². The molecule has 0 aliphatic rings. The number of aromatic nitrogens is 1. The molecule has 0 bridgehead atoms. The Labute approximate surface area is 91.6 Å². The lowest BCUT2D eigenvalue weighted by molar-refractivity contribution is 0.904. The van der Waals surface area contributed by atoms with Crippen LogP contribution in [0, 0.1) is 6.92 Å². The fourth-order valence-electron chi connectivity index (χ4n) is 1.22. The summed E-state index contributed by atoms with van der Waals surface area (Å²) in [7, 11) is 0. The number of hydrogen-bond acceptors (Lipinski definition) is 4. The zero-order chi connectivity index (χ0) is 9.97. The Balaban J connectivity index is 2.05. The van der Waals surface area contributed by atoms with E-state index in [9.17, 15) is 0 Å². The minimum atomic E-state index is 0.348. The topological polar surface area (TPSA) is 24.9 Å². The molecule has 4 heteroatoms. The Morgan fingerprint density at radius 3 is 2.93 bits per heavy atom. The van der Waals surface area contributed by atoms with Gasteiger partial charge in [0, 0.05) is 16.0 Å². The molecule has 2 aromatic heterocycles. The average Bonchev–Trinajstić information content (AvgIpc) is 2.75. The first-order chi connectivity index (χ1) is 6.75. The molecule has 0 aliphatic carbocycles. The number of rotatable bonds is 3. The lowest BCUT2D eigenvalue weighted by atomic mass is 10.3. The third kappa shape index (κ3) is 2.13. The normalized spacial score (nSPS) is 12.7. The quantitative estimate of drug-likeness (QED) is 0.860. The summed E-state index contributed by atoms with van der Waals surface area (Å²) in [5.41, 5.74) is 0. The summed E-state index contributed by atoms with van der Waals surface area (Å²) in [4.78, 5) is 6.86. The van der Waals surface area contributed by atoms with Gasteiger partial charge in [-0.05, 0) is 25.3 Å². The summed E-state index contributed by atoms with van der Waals surface area (Å²) in [5, 5.41) is 6.48. The predicted octanol–water partition coefficient (Wildman–Crippen LogP) is 3.69. The van der Waals surface area contributed by atoms with Crippen LogP contribution in [0.3, 0.4) is 0 Å². The molecule has 1 N–H and O–H groups in total. The maximum Gasteiger partial charge on any atom is 0.183 e. The maximum atomic E-state index is 4.28. The Bertz CT molecular complexity index is 392. The summed E-state index contributed by atoms with van der Waals surface area (Å²) in [6.45, 7) is 4.22. The van der Waals surface area contributed by atoms with Gasteiger partial charge in [-0.1, -0.05) is 6.07 Å². The summed E-state index contributed by atoms with van der Waals surface area (Å²) >= 11 is 3.47. The largest absolute Gasteiger partial charge is 0.354 e. The van der Waals surface area contributed by atoms with Crippen molar-refractivity contribution in [2.75, 3.05) is 5.32 Å². The van der Waals surface area contributed by atoms with E-state index < -0.39 is 0 Å². The first kappa shape index (κ1) is 9.68. The molecule has 2 heterocycles. The molecule has 0 fully saturated rings. The SMILES string of the molecule is Cc1cnc(NC(C)c2cccs2)s1. The van der Waals surface area contributed by atoms with Gasteiger partial charge in [0.2, 0.25) is 0 Å². The van der Waals surface area contributed by atoms with Crippen molar-refractivity contribution in [1.82, 2.24) is 4.98 Å². The highest BCUT2D eigenvalue weighted by Gasteiger charge is 2.07. The number of nitrogens with one attached hydrogen (secondary N) is 1. The van der Waals surface area contributed by atoms with Crippen LogP contribution < -0.4 is 5.32 Å². The van der Waals surface area contributed by atoms with E-state index in [1.165, 1.54) is 9.75 Å². The van der Waals surface area contributed by atoms with Gasteiger partial charge in [-0.2, -0.15) is 0 Å². The van der Waals surface area contributed by atoms with Gasteiger partial charge >= 0.3 is 0 Å². The Kier molecular flexibility index (Phi) is 2.84. The average molecular weight is 224 g/mol. The molecule has 1 unspecified atom stereocenters. The van der Waals surface area contributed by atoms with Gasteiger partial charge in [0.1, 0.15) is 0 Å². The summed E-state index contributed by atoms with van der Waals surface area (Å²) in [5.74, 6) is 0. The van der Waals surface area contributed by atoms with Crippen molar-refractivity contribution in [2.45, 2.75) is 19.9 Å². The minimum absolute atomic E-state index is 0.348. The molecule has 2 rings (SSSR count). The van der Waals surface area contributed by atoms with E-state index in [0.717, 1.165) is 5.13 Å². The van der Waals surface area contributed by atoms with E-state index >= 15 is 0 Å². The summed E-state index contributed by atoms with van der Waals surface area (Å²) in [6, 6.07) is 4.56. The van der Waals surface area contributed by atoms with Gasteiger partial charge in [-0.15, -0.1) is 22.7 Å². The Morgan fingerprint density at radius 2 is 2.36 bits per heavy atom. The molecule has 2 nitrogen and oxygen atoms in total. The number of anilines is 1. The van der Waals surface area contributed by atoms with Gasteiger partial charge in [0.25, 0.3) is 0 Å². The molecule has 0 radical (unpaired) electrons. The molecule has 0 spiro atoms. The number of thiazole rings is 1. The molecule has 2 aromatic rings. The second-order valence-corrected chi connectivity index (χ2v) is 5.37. The fourth-order valence-corrected chi connectivity index (χ4v) is 2.70. The van der Waals surface area contributed by atoms with Crippen molar-refractivity contribution in [3.63, 3.8) is 0 Å². The molecular weight excluding hydrogens is 212 g/mol. The third-order valence-electron chi connectivity index (χ3n) is 1.93. The van der Waals surface area contributed by atoms with Gasteiger partial charge in [-0.25, -0.2) is 4.98 Å². The van der Waals surface area contributed by atoms with Crippen LogP contribution in [0.5, 0.6) is 0 Å². The van der Waals surface area contributed by atoms with Crippen molar-refractivity contribution in [2.24, 2.45) is 0 Å². The first-order valence-electron chi connectivity index (χ1n) is 4.48.